The Kier molecular flexibility index (Phi) is 2.75. The van der Waals surface area contributed by atoms with E-state index in [1.54, 1.807) is 0 Å². The first-order chi connectivity index (χ1) is 7.40. The number of anilines is 5. The van der Waals surface area contributed by atoms with Gasteiger partial charge in [0, 0.05) is 0 Å². The van der Waals surface area contributed by atoms with Crippen LogP contribution < -0.4 is 33.4 Å². The fraction of sp³-hybridized carbons (Fsp3) is 0. The highest BCUT2D eigenvalue weighted by molar-refractivity contribution is 5.99. The average molecular weight is 224 g/mol. The Balaban J connectivity index is 3.39. The van der Waals surface area contributed by atoms with Crippen LogP contribution in [0, 0.1) is 0 Å². The number of ether oxygens (including phenoxy) is 1. The normalized spacial score (nSPS) is 9.75. The lowest BCUT2D eigenvalue weighted by molar-refractivity contribution is 0.212. The fourth-order valence-electron chi connectivity index (χ4n) is 1.05. The summed E-state index contributed by atoms with van der Waals surface area (Å²) in [4.78, 5) is 13.9. The summed E-state index contributed by atoms with van der Waals surface area (Å²) in [6.45, 7) is 2.99. The molecule has 0 aromatic heterocycles. The molecule has 0 fully saturated rings. The molecule has 1 aromatic rings. The molecule has 1 rings (SSSR count). The molecule has 8 heteroatoms. The summed E-state index contributed by atoms with van der Waals surface area (Å²) in [6.07, 6.45) is -0.970. The molecule has 1 amide bonds. The van der Waals surface area contributed by atoms with Gasteiger partial charge in [0.2, 0.25) is 0 Å². The molecular weight excluding hydrogens is 212 g/mol. The van der Waals surface area contributed by atoms with Crippen LogP contribution in [0.15, 0.2) is 4.99 Å². The van der Waals surface area contributed by atoms with E-state index in [-0.39, 0.29) is 34.2 Å². The van der Waals surface area contributed by atoms with Crippen LogP contribution in [0.3, 0.4) is 0 Å². The summed E-state index contributed by atoms with van der Waals surface area (Å²) >= 11 is 0. The third kappa shape index (κ3) is 1.63. The van der Waals surface area contributed by atoms with Crippen molar-refractivity contribution >= 4 is 41.2 Å². The van der Waals surface area contributed by atoms with Crippen molar-refractivity contribution in [1.82, 2.24) is 0 Å². The largest absolute Gasteiger partial charge is 0.438 e. The van der Waals surface area contributed by atoms with Crippen LogP contribution in [0.1, 0.15) is 0 Å². The average Bonchev–Trinajstić information content (AvgIpc) is 2.29. The fourth-order valence-corrected chi connectivity index (χ4v) is 1.05. The van der Waals surface area contributed by atoms with Crippen LogP contribution in [0.4, 0.5) is 33.2 Å². The highest BCUT2D eigenvalue weighted by Gasteiger charge is 2.19. The number of aliphatic imine (C=N–C) groups is 1. The molecule has 0 saturated carbocycles. The standard InChI is InChI=1S/C8H12N6O2/c1-14-8(15)16-7-5(12)3(10)2(9)4(11)6(7)13/h1,9-13H2. The van der Waals surface area contributed by atoms with E-state index >= 15 is 0 Å². The molecule has 0 heterocycles. The summed E-state index contributed by atoms with van der Waals surface area (Å²) in [5.41, 5.74) is 27.7. The van der Waals surface area contributed by atoms with E-state index in [2.05, 4.69) is 11.7 Å². The Labute approximate surface area is 91.0 Å². The molecule has 1 aromatic carbocycles. The van der Waals surface area contributed by atoms with Gasteiger partial charge in [0.05, 0.1) is 17.1 Å². The van der Waals surface area contributed by atoms with Gasteiger partial charge in [0.25, 0.3) is 0 Å². The van der Waals surface area contributed by atoms with Crippen LogP contribution in [-0.4, -0.2) is 12.8 Å². The number of nitrogen functional groups attached to an aromatic ring is 5. The van der Waals surface area contributed by atoms with Crippen molar-refractivity contribution in [3.05, 3.63) is 0 Å². The number of nitrogens with two attached hydrogens (primary N) is 5. The number of amides is 1. The lowest BCUT2D eigenvalue weighted by atomic mass is 10.1. The minimum Gasteiger partial charge on any atom is -0.404 e. The Morgan fingerprint density at radius 1 is 0.938 bits per heavy atom. The quantitative estimate of drug-likeness (QED) is 0.324. The topological polar surface area (TPSA) is 169 Å². The first kappa shape index (κ1) is 11.4. The van der Waals surface area contributed by atoms with Crippen molar-refractivity contribution in [2.45, 2.75) is 0 Å². The summed E-state index contributed by atoms with van der Waals surface area (Å²) in [5, 5.41) is 0. The molecule has 86 valence electrons. The number of carbonyl (C=O) groups is 1. The molecule has 0 aliphatic rings. The third-order valence-corrected chi connectivity index (χ3v) is 1.97. The van der Waals surface area contributed by atoms with Crippen molar-refractivity contribution in [1.29, 1.82) is 0 Å². The lowest BCUT2D eigenvalue weighted by Crippen LogP contribution is -2.12. The number of benzene rings is 1. The number of carbonyl (C=O) groups excluding carboxylic acids is 1. The molecular formula is C8H12N6O2. The number of hydrogen-bond donors (Lipinski definition) is 5. The van der Waals surface area contributed by atoms with Gasteiger partial charge in [-0.2, -0.15) is 4.99 Å². The number of hydrogen-bond acceptors (Lipinski definition) is 7. The van der Waals surface area contributed by atoms with Crippen LogP contribution in [-0.2, 0) is 0 Å². The van der Waals surface area contributed by atoms with E-state index in [1.807, 2.05) is 0 Å². The predicted molar refractivity (Wildman–Crippen MR) is 64.1 cm³/mol. The smallest absolute Gasteiger partial charge is 0.404 e. The monoisotopic (exact) mass is 224 g/mol. The van der Waals surface area contributed by atoms with Gasteiger partial charge in [-0.25, -0.2) is 4.79 Å². The van der Waals surface area contributed by atoms with E-state index in [9.17, 15) is 4.79 Å². The first-order valence-corrected chi connectivity index (χ1v) is 4.10. The summed E-state index contributed by atoms with van der Waals surface area (Å²) in [5.74, 6) is -0.165. The van der Waals surface area contributed by atoms with Crippen molar-refractivity contribution in [3.63, 3.8) is 0 Å². The van der Waals surface area contributed by atoms with E-state index in [0.717, 1.165) is 0 Å². The number of rotatable bonds is 1. The second kappa shape index (κ2) is 3.85. The Morgan fingerprint density at radius 2 is 1.31 bits per heavy atom. The maximum Gasteiger partial charge on any atom is 0.438 e. The zero-order chi connectivity index (χ0) is 12.5. The lowest BCUT2D eigenvalue weighted by Gasteiger charge is -2.15. The van der Waals surface area contributed by atoms with Gasteiger partial charge >= 0.3 is 6.09 Å². The number of nitrogens with zero attached hydrogens (tertiary/aromatic N) is 1. The van der Waals surface area contributed by atoms with Gasteiger partial charge in [0.15, 0.2) is 5.75 Å². The van der Waals surface area contributed by atoms with Crippen LogP contribution in [0.5, 0.6) is 5.75 Å². The van der Waals surface area contributed by atoms with Gasteiger partial charge in [-0.3, -0.25) is 0 Å². The summed E-state index contributed by atoms with van der Waals surface area (Å²) in [7, 11) is 0. The molecule has 0 aliphatic carbocycles. The molecule has 16 heavy (non-hydrogen) atoms. The van der Waals surface area contributed by atoms with Crippen molar-refractivity contribution in [2.75, 3.05) is 28.7 Å². The molecule has 0 atom stereocenters. The maximum atomic E-state index is 10.9. The van der Waals surface area contributed by atoms with Crippen molar-refractivity contribution < 1.29 is 9.53 Å². The van der Waals surface area contributed by atoms with Gasteiger partial charge < -0.3 is 33.4 Å². The van der Waals surface area contributed by atoms with Crippen LogP contribution in [0.2, 0.25) is 0 Å². The Bertz CT molecular complexity index is 441. The van der Waals surface area contributed by atoms with Gasteiger partial charge in [-0.15, -0.1) is 0 Å². The van der Waals surface area contributed by atoms with E-state index in [4.69, 9.17) is 33.4 Å². The Morgan fingerprint density at radius 3 is 1.69 bits per heavy atom. The molecule has 0 aliphatic heterocycles. The van der Waals surface area contributed by atoms with Crippen molar-refractivity contribution in [2.24, 2.45) is 4.99 Å². The zero-order valence-corrected chi connectivity index (χ0v) is 8.36. The summed E-state index contributed by atoms with van der Waals surface area (Å²) < 4.78 is 4.71. The highest BCUT2D eigenvalue weighted by atomic mass is 16.5. The minimum absolute atomic E-state index is 0.00133. The van der Waals surface area contributed by atoms with E-state index < -0.39 is 6.09 Å². The van der Waals surface area contributed by atoms with Gasteiger partial charge in [-0.1, -0.05) is 0 Å². The van der Waals surface area contributed by atoms with Crippen LogP contribution >= 0.6 is 0 Å². The van der Waals surface area contributed by atoms with Crippen molar-refractivity contribution in [3.8, 4) is 5.75 Å². The Hall–Kier alpha value is -2.64. The van der Waals surface area contributed by atoms with Gasteiger partial charge in [0.1, 0.15) is 11.4 Å². The SMILES string of the molecule is C=NC(=O)Oc1c(N)c(N)c(N)c(N)c1N. The molecule has 0 spiro atoms. The first-order valence-electron chi connectivity index (χ1n) is 4.10. The minimum atomic E-state index is -0.970. The summed E-state index contributed by atoms with van der Waals surface area (Å²) in [6, 6.07) is 0. The van der Waals surface area contributed by atoms with E-state index in [0.29, 0.717) is 0 Å². The van der Waals surface area contributed by atoms with Gasteiger partial charge in [-0.05, 0) is 6.72 Å². The molecule has 0 saturated heterocycles. The van der Waals surface area contributed by atoms with E-state index in [1.165, 1.54) is 0 Å². The molecule has 0 unspecified atom stereocenters. The second-order valence-corrected chi connectivity index (χ2v) is 2.92. The molecule has 8 nitrogen and oxygen atoms in total. The molecule has 0 bridgehead atoms. The predicted octanol–water partition coefficient (Wildman–Crippen LogP) is -0.203. The third-order valence-electron chi connectivity index (χ3n) is 1.97. The maximum absolute atomic E-state index is 10.9. The highest BCUT2D eigenvalue weighted by Crippen LogP contribution is 2.43. The molecule has 0 radical (unpaired) electrons. The zero-order valence-electron chi connectivity index (χ0n) is 8.36. The molecule has 10 N–H and O–H groups in total. The van der Waals surface area contributed by atoms with Crippen LogP contribution in [0.25, 0.3) is 0 Å². The second-order valence-electron chi connectivity index (χ2n) is 2.92.